The fraction of sp³-hybridized carbons (Fsp3) is 0.333. The van der Waals surface area contributed by atoms with Crippen LogP contribution in [0.5, 0.6) is 0 Å². The zero-order valence-corrected chi connectivity index (χ0v) is 16.3. The van der Waals surface area contributed by atoms with Gasteiger partial charge < -0.3 is 9.64 Å². The molecule has 0 saturated heterocycles. The van der Waals surface area contributed by atoms with Gasteiger partial charge in [0.15, 0.2) is 0 Å². The van der Waals surface area contributed by atoms with Crippen LogP contribution < -0.4 is 0 Å². The fourth-order valence-corrected chi connectivity index (χ4v) is 3.07. The van der Waals surface area contributed by atoms with Crippen molar-refractivity contribution in [3.05, 3.63) is 60.4 Å². The molecule has 0 aliphatic rings. The van der Waals surface area contributed by atoms with Crippen molar-refractivity contribution < 1.29 is 22.7 Å². The van der Waals surface area contributed by atoms with Crippen molar-refractivity contribution in [1.29, 1.82) is 0 Å². The van der Waals surface area contributed by atoms with Crippen LogP contribution in [0, 0.1) is 0 Å². The summed E-state index contributed by atoms with van der Waals surface area (Å²) in [4.78, 5) is 18.2. The number of carbonyl (C=O) groups is 1. The minimum Gasteiger partial charge on any atom is -0.359 e. The number of nitrogens with zero attached hydrogens (tertiary/aromatic N) is 3. The van der Waals surface area contributed by atoms with Crippen molar-refractivity contribution in [2.75, 3.05) is 13.7 Å². The first kappa shape index (κ1) is 20.9. The number of carbonyl (C=O) groups excluding carboxylic acids is 1. The van der Waals surface area contributed by atoms with E-state index in [2.05, 4.69) is 9.72 Å². The Morgan fingerprint density at radius 1 is 1.14 bits per heavy atom. The number of likely N-dealkylation sites (N-methyl/N-ethyl adjacent to an activating group) is 1. The lowest BCUT2D eigenvalue weighted by Crippen LogP contribution is -2.39. The maximum absolute atomic E-state index is 12.4. The van der Waals surface area contributed by atoms with Gasteiger partial charge in [0.2, 0.25) is 0 Å². The number of ether oxygens (including phenoxy) is 1. The number of benzene rings is 2. The van der Waals surface area contributed by atoms with E-state index in [1.807, 2.05) is 60.0 Å². The molecule has 0 fully saturated rings. The van der Waals surface area contributed by atoms with Gasteiger partial charge >= 0.3 is 6.18 Å². The van der Waals surface area contributed by atoms with Crippen LogP contribution in [-0.4, -0.2) is 46.3 Å². The largest absolute Gasteiger partial charge is 0.411 e. The van der Waals surface area contributed by atoms with E-state index in [-0.39, 0.29) is 6.04 Å². The van der Waals surface area contributed by atoms with Crippen LogP contribution in [0.2, 0.25) is 0 Å². The highest BCUT2D eigenvalue weighted by molar-refractivity contribution is 5.80. The third-order valence-electron chi connectivity index (χ3n) is 4.88. The number of halogens is 3. The smallest absolute Gasteiger partial charge is 0.359 e. The zero-order valence-electron chi connectivity index (χ0n) is 16.3. The number of imidazole rings is 1. The molecule has 1 aromatic heterocycles. The van der Waals surface area contributed by atoms with Crippen molar-refractivity contribution in [3.8, 4) is 5.69 Å². The molecule has 8 heteroatoms. The molecule has 1 heterocycles. The van der Waals surface area contributed by atoms with E-state index in [1.54, 1.807) is 13.4 Å². The molecule has 0 aliphatic carbocycles. The maximum Gasteiger partial charge on any atom is 0.411 e. The summed E-state index contributed by atoms with van der Waals surface area (Å²) in [7, 11) is 1.55. The second kappa shape index (κ2) is 8.24. The zero-order chi connectivity index (χ0) is 21.2. The van der Waals surface area contributed by atoms with E-state index in [9.17, 15) is 18.0 Å². The van der Waals surface area contributed by atoms with E-state index in [1.165, 1.54) is 11.8 Å². The maximum atomic E-state index is 12.4. The van der Waals surface area contributed by atoms with Gasteiger partial charge in [-0.3, -0.25) is 9.36 Å². The number of alkyl halides is 3. The summed E-state index contributed by atoms with van der Waals surface area (Å²) >= 11 is 0. The first-order valence-corrected chi connectivity index (χ1v) is 9.15. The van der Waals surface area contributed by atoms with Crippen molar-refractivity contribution in [2.45, 2.75) is 32.2 Å². The third-order valence-corrected chi connectivity index (χ3v) is 4.88. The predicted octanol–water partition coefficient (Wildman–Crippen LogP) is 4.51. The number of rotatable bonds is 6. The molecule has 0 radical (unpaired) electrons. The molecule has 3 rings (SSSR count). The topological polar surface area (TPSA) is 47.4 Å². The van der Waals surface area contributed by atoms with Crippen LogP contribution >= 0.6 is 0 Å². The van der Waals surface area contributed by atoms with Crippen molar-refractivity contribution in [2.24, 2.45) is 0 Å². The van der Waals surface area contributed by atoms with Gasteiger partial charge in [-0.25, -0.2) is 4.98 Å². The number of fused-ring (bicyclic) bond motifs is 1. The first-order valence-electron chi connectivity index (χ1n) is 9.15. The van der Waals surface area contributed by atoms with Gasteiger partial charge in [-0.2, -0.15) is 13.2 Å². The molecule has 154 valence electrons. The molecule has 2 aromatic carbocycles. The number of hydrogen-bond acceptors (Lipinski definition) is 3. The number of hydrogen-bond donors (Lipinski definition) is 0. The molecular formula is C21H22F3N3O2. The molecule has 2 unspecified atom stereocenters. The number of para-hydroxylation sites is 2. The van der Waals surface area contributed by atoms with Crippen LogP contribution in [0.1, 0.15) is 25.5 Å². The highest BCUT2D eigenvalue weighted by Gasteiger charge is 2.31. The van der Waals surface area contributed by atoms with E-state index in [4.69, 9.17) is 0 Å². The van der Waals surface area contributed by atoms with E-state index in [0.29, 0.717) is 0 Å². The second-order valence-electron chi connectivity index (χ2n) is 6.89. The Balaban J connectivity index is 1.71. The average molecular weight is 405 g/mol. The molecule has 29 heavy (non-hydrogen) atoms. The van der Waals surface area contributed by atoms with Crippen molar-refractivity contribution in [1.82, 2.24) is 14.5 Å². The Bertz CT molecular complexity index is 983. The highest BCUT2D eigenvalue weighted by Crippen LogP contribution is 2.24. The molecule has 0 bridgehead atoms. The molecular weight excluding hydrogens is 383 g/mol. The van der Waals surface area contributed by atoms with Gasteiger partial charge in [0.25, 0.3) is 5.91 Å². The molecule has 0 saturated carbocycles. The Kier molecular flexibility index (Phi) is 5.93. The van der Waals surface area contributed by atoms with Crippen molar-refractivity contribution in [3.63, 3.8) is 0 Å². The standard InChI is InChI=1S/C21H22F3N3O2/c1-14(26(3)20(28)15(2)29-12-21(22,23)24)16-8-10-17(11-9-16)27-13-25-18-6-4-5-7-19(18)27/h4-11,13-15H,12H2,1-3H3. The van der Waals surface area contributed by atoms with Gasteiger partial charge in [0.1, 0.15) is 19.0 Å². The fourth-order valence-electron chi connectivity index (χ4n) is 3.07. The van der Waals surface area contributed by atoms with Crippen LogP contribution in [-0.2, 0) is 9.53 Å². The Hall–Kier alpha value is -2.87. The minimum absolute atomic E-state index is 0.326. The lowest BCUT2D eigenvalue weighted by atomic mass is 10.1. The summed E-state index contributed by atoms with van der Waals surface area (Å²) < 4.78 is 43.5. The Morgan fingerprint density at radius 2 is 1.79 bits per heavy atom. The van der Waals surface area contributed by atoms with E-state index < -0.39 is 24.8 Å². The van der Waals surface area contributed by atoms with Gasteiger partial charge in [-0.1, -0.05) is 24.3 Å². The van der Waals surface area contributed by atoms with E-state index >= 15 is 0 Å². The lowest BCUT2D eigenvalue weighted by molar-refractivity contribution is -0.188. The Morgan fingerprint density at radius 3 is 2.45 bits per heavy atom. The van der Waals surface area contributed by atoms with Crippen LogP contribution in [0.4, 0.5) is 13.2 Å². The van der Waals surface area contributed by atoms with Gasteiger partial charge in [0.05, 0.1) is 17.1 Å². The average Bonchev–Trinajstić information content (AvgIpc) is 3.14. The third kappa shape index (κ3) is 4.76. The van der Waals surface area contributed by atoms with Gasteiger partial charge in [0, 0.05) is 12.7 Å². The lowest BCUT2D eigenvalue weighted by Gasteiger charge is -2.28. The first-order chi connectivity index (χ1) is 13.7. The molecule has 3 aromatic rings. The normalized spacial score (nSPS) is 14.0. The molecule has 5 nitrogen and oxygen atoms in total. The molecule has 2 atom stereocenters. The van der Waals surface area contributed by atoms with Gasteiger partial charge in [-0.15, -0.1) is 0 Å². The van der Waals surface area contributed by atoms with Crippen LogP contribution in [0.25, 0.3) is 16.7 Å². The molecule has 0 aliphatic heterocycles. The SMILES string of the molecule is CC(OCC(F)(F)F)C(=O)N(C)C(C)c1ccc(-n2cnc3ccccc32)cc1. The number of aromatic nitrogens is 2. The monoisotopic (exact) mass is 405 g/mol. The molecule has 1 amide bonds. The summed E-state index contributed by atoms with van der Waals surface area (Å²) in [5.74, 6) is -0.508. The number of amides is 1. The Labute approximate surface area is 166 Å². The summed E-state index contributed by atoms with van der Waals surface area (Å²) in [5.41, 5.74) is 3.65. The summed E-state index contributed by atoms with van der Waals surface area (Å²) in [6.07, 6.45) is -3.90. The predicted molar refractivity (Wildman–Crippen MR) is 104 cm³/mol. The molecule has 0 spiro atoms. The molecule has 0 N–H and O–H groups in total. The highest BCUT2D eigenvalue weighted by atomic mass is 19.4. The quantitative estimate of drug-likeness (QED) is 0.606. The summed E-state index contributed by atoms with van der Waals surface area (Å²) in [5, 5.41) is 0. The van der Waals surface area contributed by atoms with Crippen molar-refractivity contribution >= 4 is 16.9 Å². The summed E-state index contributed by atoms with van der Waals surface area (Å²) in [6.45, 7) is 1.69. The minimum atomic E-state index is -4.47. The summed E-state index contributed by atoms with van der Waals surface area (Å²) in [6, 6.07) is 15.1. The van der Waals surface area contributed by atoms with Crippen LogP contribution in [0.3, 0.4) is 0 Å². The van der Waals surface area contributed by atoms with E-state index in [0.717, 1.165) is 22.3 Å². The second-order valence-corrected chi connectivity index (χ2v) is 6.89. The van der Waals surface area contributed by atoms with Gasteiger partial charge in [-0.05, 0) is 43.7 Å². The van der Waals surface area contributed by atoms with Crippen LogP contribution in [0.15, 0.2) is 54.9 Å².